The monoisotopic (exact) mass is 353 g/mol. The Bertz CT molecular complexity index is 909. The number of ether oxygens (including phenoxy) is 1. The third kappa shape index (κ3) is 2.96. The highest BCUT2D eigenvalue weighted by Crippen LogP contribution is 2.28. The van der Waals surface area contributed by atoms with Crippen LogP contribution in [0.3, 0.4) is 0 Å². The first kappa shape index (κ1) is 16.4. The zero-order valence-electron chi connectivity index (χ0n) is 14.2. The summed E-state index contributed by atoms with van der Waals surface area (Å²) in [5.41, 5.74) is 0.541. The van der Waals surface area contributed by atoms with Gasteiger partial charge in [0.05, 0.1) is 13.1 Å². The number of likely N-dealkylation sites (tertiary alicyclic amines) is 1. The van der Waals surface area contributed by atoms with Gasteiger partial charge in [0.1, 0.15) is 11.2 Å². The van der Waals surface area contributed by atoms with Crippen molar-refractivity contribution in [1.82, 2.24) is 15.2 Å². The van der Waals surface area contributed by atoms with Crippen molar-refractivity contribution in [3.8, 4) is 11.3 Å². The number of hydrogen-bond donors (Lipinski definition) is 2. The molecule has 26 heavy (non-hydrogen) atoms. The second kappa shape index (κ2) is 6.33. The zero-order valence-corrected chi connectivity index (χ0v) is 14.2. The van der Waals surface area contributed by atoms with E-state index < -0.39 is 17.3 Å². The number of pyridine rings is 1. The minimum atomic E-state index is -0.679. The Kier molecular flexibility index (Phi) is 3.99. The summed E-state index contributed by atoms with van der Waals surface area (Å²) < 4.78 is 5.38. The van der Waals surface area contributed by atoms with E-state index in [1.54, 1.807) is 17.0 Å². The quantitative estimate of drug-likeness (QED) is 0.861. The fourth-order valence-corrected chi connectivity index (χ4v) is 3.60. The highest BCUT2D eigenvalue weighted by atomic mass is 16.6. The summed E-state index contributed by atoms with van der Waals surface area (Å²) in [5, 5.41) is 2.65. The van der Waals surface area contributed by atoms with Gasteiger partial charge < -0.3 is 19.9 Å². The molecule has 0 bridgehead atoms. The van der Waals surface area contributed by atoms with E-state index in [1.165, 1.54) is 0 Å². The lowest BCUT2D eigenvalue weighted by Crippen LogP contribution is -2.52. The summed E-state index contributed by atoms with van der Waals surface area (Å²) in [7, 11) is 0. The summed E-state index contributed by atoms with van der Waals surface area (Å²) in [6, 6.07) is 12.7. The average Bonchev–Trinajstić information content (AvgIpc) is 3.01. The van der Waals surface area contributed by atoms with Crippen LogP contribution in [0.25, 0.3) is 11.3 Å². The van der Waals surface area contributed by atoms with Gasteiger partial charge >= 0.3 is 6.09 Å². The van der Waals surface area contributed by atoms with Crippen LogP contribution < -0.4 is 10.9 Å². The molecule has 1 atom stereocenters. The largest absolute Gasteiger partial charge is 0.439 e. The highest BCUT2D eigenvalue weighted by molar-refractivity contribution is 5.94. The number of rotatable bonds is 2. The van der Waals surface area contributed by atoms with E-state index in [1.807, 2.05) is 30.3 Å². The first-order valence-electron chi connectivity index (χ1n) is 8.61. The Balaban J connectivity index is 1.56. The maximum atomic E-state index is 12.8. The Labute approximate surface area is 150 Å². The SMILES string of the molecule is O=C1NC[C@]2(CCCN(C(=O)c3ccc(-c4ccccc4)[nH]c3=O)C2)O1. The molecule has 0 unspecified atom stereocenters. The average molecular weight is 353 g/mol. The normalized spacial score (nSPS) is 22.2. The lowest BCUT2D eigenvalue weighted by Gasteiger charge is -2.38. The number of nitrogens with zero attached hydrogens (tertiary/aromatic N) is 1. The van der Waals surface area contributed by atoms with E-state index in [2.05, 4.69) is 10.3 Å². The van der Waals surface area contributed by atoms with Crippen molar-refractivity contribution in [2.75, 3.05) is 19.6 Å². The standard InChI is InChI=1S/C19H19N3O4/c23-16-14(7-8-15(21-16)13-5-2-1-3-6-13)17(24)22-10-4-9-19(12-22)11-20-18(25)26-19/h1-3,5-8H,4,9-12H2,(H,20,25)(H,21,23)/t19-/m0/s1. The van der Waals surface area contributed by atoms with Crippen molar-refractivity contribution in [3.05, 3.63) is 58.4 Å². The molecule has 1 aromatic heterocycles. The van der Waals surface area contributed by atoms with Gasteiger partial charge in [0, 0.05) is 12.2 Å². The maximum absolute atomic E-state index is 12.8. The van der Waals surface area contributed by atoms with Crippen molar-refractivity contribution in [2.24, 2.45) is 0 Å². The van der Waals surface area contributed by atoms with Crippen LogP contribution in [0.5, 0.6) is 0 Å². The summed E-state index contributed by atoms with van der Waals surface area (Å²) in [5.74, 6) is -0.340. The van der Waals surface area contributed by atoms with Crippen molar-refractivity contribution in [2.45, 2.75) is 18.4 Å². The molecule has 1 aromatic carbocycles. The lowest BCUT2D eigenvalue weighted by atomic mass is 9.92. The highest BCUT2D eigenvalue weighted by Gasteiger charge is 2.45. The fourth-order valence-electron chi connectivity index (χ4n) is 3.60. The number of alkyl carbamates (subject to hydrolysis) is 1. The maximum Gasteiger partial charge on any atom is 0.407 e. The van der Waals surface area contributed by atoms with E-state index in [9.17, 15) is 14.4 Å². The molecule has 2 fully saturated rings. The topological polar surface area (TPSA) is 91.5 Å². The van der Waals surface area contributed by atoms with Crippen LogP contribution in [0, 0.1) is 0 Å². The van der Waals surface area contributed by atoms with Crippen LogP contribution in [-0.2, 0) is 4.74 Å². The van der Waals surface area contributed by atoms with Gasteiger partial charge in [0.15, 0.2) is 0 Å². The number of benzene rings is 1. The van der Waals surface area contributed by atoms with Crippen LogP contribution in [0.4, 0.5) is 4.79 Å². The van der Waals surface area contributed by atoms with Gasteiger partial charge in [-0.1, -0.05) is 30.3 Å². The molecule has 7 nitrogen and oxygen atoms in total. The molecule has 2 aliphatic rings. The van der Waals surface area contributed by atoms with E-state index in [0.29, 0.717) is 31.7 Å². The lowest BCUT2D eigenvalue weighted by molar-refractivity contribution is -0.00510. The number of piperidine rings is 1. The van der Waals surface area contributed by atoms with Crippen LogP contribution in [-0.4, -0.2) is 47.1 Å². The van der Waals surface area contributed by atoms with E-state index >= 15 is 0 Å². The molecular weight excluding hydrogens is 334 g/mol. The van der Waals surface area contributed by atoms with Gasteiger partial charge in [0.25, 0.3) is 11.5 Å². The van der Waals surface area contributed by atoms with E-state index in [-0.39, 0.29) is 11.5 Å². The number of nitrogens with one attached hydrogen (secondary N) is 2. The van der Waals surface area contributed by atoms with Gasteiger partial charge in [-0.25, -0.2) is 4.79 Å². The number of aromatic amines is 1. The molecule has 2 saturated heterocycles. The first-order valence-corrected chi connectivity index (χ1v) is 8.61. The van der Waals surface area contributed by atoms with Crippen molar-refractivity contribution in [1.29, 1.82) is 0 Å². The molecule has 2 N–H and O–H groups in total. The molecule has 0 saturated carbocycles. The van der Waals surface area contributed by atoms with Gasteiger partial charge in [-0.3, -0.25) is 9.59 Å². The number of carbonyl (C=O) groups is 2. The van der Waals surface area contributed by atoms with Gasteiger partial charge in [0.2, 0.25) is 0 Å². The predicted molar refractivity (Wildman–Crippen MR) is 94.9 cm³/mol. The fraction of sp³-hybridized carbons (Fsp3) is 0.316. The predicted octanol–water partition coefficient (Wildman–Crippen LogP) is 1.76. The number of H-pyrrole nitrogens is 1. The molecule has 4 rings (SSSR count). The molecule has 0 aliphatic carbocycles. The molecule has 1 spiro atoms. The number of amides is 2. The second-order valence-electron chi connectivity index (χ2n) is 6.74. The minimum Gasteiger partial charge on any atom is -0.439 e. The molecule has 2 aliphatic heterocycles. The summed E-state index contributed by atoms with van der Waals surface area (Å²) in [4.78, 5) is 41.1. The Morgan fingerprint density at radius 1 is 1.12 bits per heavy atom. The Morgan fingerprint density at radius 3 is 2.62 bits per heavy atom. The van der Waals surface area contributed by atoms with Gasteiger partial charge in [-0.2, -0.15) is 0 Å². The molecule has 0 radical (unpaired) electrons. The van der Waals surface area contributed by atoms with Crippen molar-refractivity contribution < 1.29 is 14.3 Å². The van der Waals surface area contributed by atoms with Crippen LogP contribution >= 0.6 is 0 Å². The molecule has 2 aromatic rings. The minimum absolute atomic E-state index is 0.0963. The van der Waals surface area contributed by atoms with Crippen LogP contribution in [0.1, 0.15) is 23.2 Å². The summed E-state index contributed by atoms with van der Waals surface area (Å²) in [6.45, 7) is 1.22. The molecule has 3 heterocycles. The van der Waals surface area contributed by atoms with E-state index in [0.717, 1.165) is 12.0 Å². The third-order valence-electron chi connectivity index (χ3n) is 4.92. The third-order valence-corrected chi connectivity index (χ3v) is 4.92. The molecule has 2 amide bonds. The number of hydrogen-bond acceptors (Lipinski definition) is 4. The molecule has 7 heteroatoms. The van der Waals surface area contributed by atoms with Gasteiger partial charge in [-0.15, -0.1) is 0 Å². The Morgan fingerprint density at radius 2 is 1.92 bits per heavy atom. The molecular formula is C19H19N3O4. The van der Waals surface area contributed by atoms with Crippen molar-refractivity contribution >= 4 is 12.0 Å². The molecule has 134 valence electrons. The van der Waals surface area contributed by atoms with Gasteiger partial charge in [-0.05, 0) is 30.5 Å². The summed E-state index contributed by atoms with van der Waals surface area (Å²) >= 11 is 0. The number of aromatic nitrogens is 1. The number of carbonyl (C=O) groups excluding carboxylic acids is 2. The smallest absolute Gasteiger partial charge is 0.407 e. The summed E-state index contributed by atoms with van der Waals surface area (Å²) in [6.07, 6.45) is 0.976. The zero-order chi connectivity index (χ0) is 18.1. The van der Waals surface area contributed by atoms with Crippen LogP contribution in [0.15, 0.2) is 47.3 Å². The van der Waals surface area contributed by atoms with Crippen molar-refractivity contribution in [3.63, 3.8) is 0 Å². The first-order chi connectivity index (χ1) is 12.6. The van der Waals surface area contributed by atoms with Crippen LogP contribution in [0.2, 0.25) is 0 Å². The van der Waals surface area contributed by atoms with E-state index in [4.69, 9.17) is 4.74 Å². The Hall–Kier alpha value is -3.09. The second-order valence-corrected chi connectivity index (χ2v) is 6.74.